The quantitative estimate of drug-likeness (QED) is 0.293. The number of carbonyl (C=O) groups excluding carboxylic acids is 2. The summed E-state index contributed by atoms with van der Waals surface area (Å²) < 4.78 is 5.24. The highest BCUT2D eigenvalue weighted by molar-refractivity contribution is 7.14. The van der Waals surface area contributed by atoms with E-state index in [1.54, 1.807) is 32.0 Å². The third kappa shape index (κ3) is 4.06. The fourth-order valence-electron chi connectivity index (χ4n) is 1.73. The van der Waals surface area contributed by atoms with Gasteiger partial charge in [-0.25, -0.2) is 4.98 Å². The first-order chi connectivity index (χ1) is 11.0. The average molecular weight is 331 g/mol. The Bertz CT molecular complexity index is 795. The van der Waals surface area contributed by atoms with Crippen LogP contribution in [0.25, 0.3) is 10.4 Å². The molecule has 1 N–H and O–H groups in total. The summed E-state index contributed by atoms with van der Waals surface area (Å²) in [5.41, 5.74) is 9.25. The van der Waals surface area contributed by atoms with Crippen molar-refractivity contribution >= 4 is 34.2 Å². The number of azide groups is 1. The molecule has 2 aromatic rings. The molecule has 8 nitrogen and oxygen atoms in total. The molecule has 0 aliphatic heterocycles. The first-order valence-corrected chi connectivity index (χ1v) is 7.55. The van der Waals surface area contributed by atoms with Crippen LogP contribution in [-0.4, -0.2) is 16.9 Å². The standard InChI is InChI=1S/C14H13N5O3S/c1-3-11(20)22-12-8(2)5-4-6-9(12)13(21)17-14-16-10(7-23-14)18-19-15/h4-7H,3H2,1-2H3,(H,16,17,21). The average Bonchev–Trinajstić information content (AvgIpc) is 2.96. The Balaban J connectivity index is 2.25. The largest absolute Gasteiger partial charge is 0.425 e. The van der Waals surface area contributed by atoms with Crippen LogP contribution in [0.15, 0.2) is 28.7 Å². The van der Waals surface area contributed by atoms with Gasteiger partial charge in [0.2, 0.25) is 0 Å². The number of aromatic nitrogens is 1. The Hall–Kier alpha value is -2.90. The van der Waals surface area contributed by atoms with Gasteiger partial charge in [-0.05, 0) is 29.2 Å². The number of hydrogen-bond acceptors (Lipinski definition) is 6. The lowest BCUT2D eigenvalue weighted by Crippen LogP contribution is -2.16. The van der Waals surface area contributed by atoms with Crippen molar-refractivity contribution in [2.24, 2.45) is 5.11 Å². The van der Waals surface area contributed by atoms with Crippen molar-refractivity contribution in [2.75, 3.05) is 5.32 Å². The van der Waals surface area contributed by atoms with Crippen LogP contribution in [0, 0.1) is 6.92 Å². The fraction of sp³-hybridized carbons (Fsp3) is 0.214. The summed E-state index contributed by atoms with van der Waals surface area (Å²) in [5.74, 6) is -0.485. The normalized spacial score (nSPS) is 9.83. The molecular formula is C14H13N5O3S. The monoisotopic (exact) mass is 331 g/mol. The molecule has 0 atom stereocenters. The van der Waals surface area contributed by atoms with E-state index in [-0.39, 0.29) is 28.7 Å². The van der Waals surface area contributed by atoms with Gasteiger partial charge in [0.25, 0.3) is 5.91 Å². The van der Waals surface area contributed by atoms with Gasteiger partial charge in [-0.2, -0.15) is 0 Å². The number of aryl methyl sites for hydroxylation is 1. The predicted molar refractivity (Wildman–Crippen MR) is 86.0 cm³/mol. The van der Waals surface area contributed by atoms with Crippen molar-refractivity contribution < 1.29 is 14.3 Å². The number of nitrogens with one attached hydrogen (secondary N) is 1. The highest BCUT2D eigenvalue weighted by Crippen LogP contribution is 2.27. The number of hydrogen-bond donors (Lipinski definition) is 1. The minimum atomic E-state index is -0.463. The van der Waals surface area contributed by atoms with Crippen molar-refractivity contribution in [3.05, 3.63) is 45.1 Å². The maximum Gasteiger partial charge on any atom is 0.310 e. The van der Waals surface area contributed by atoms with Gasteiger partial charge in [-0.3, -0.25) is 14.9 Å². The second-order valence-corrected chi connectivity index (χ2v) is 5.29. The smallest absolute Gasteiger partial charge is 0.310 e. The topological polar surface area (TPSA) is 117 Å². The first-order valence-electron chi connectivity index (χ1n) is 6.67. The Labute approximate surface area is 135 Å². The van der Waals surface area contributed by atoms with Gasteiger partial charge in [-0.15, -0.1) is 11.3 Å². The number of nitrogens with zero attached hydrogens (tertiary/aromatic N) is 4. The maximum atomic E-state index is 12.4. The van der Waals surface area contributed by atoms with Gasteiger partial charge >= 0.3 is 5.97 Å². The van der Waals surface area contributed by atoms with E-state index in [0.29, 0.717) is 5.56 Å². The van der Waals surface area contributed by atoms with Gasteiger partial charge in [-0.1, -0.05) is 19.1 Å². The number of ether oxygens (including phenoxy) is 1. The van der Waals surface area contributed by atoms with E-state index in [0.717, 1.165) is 11.3 Å². The summed E-state index contributed by atoms with van der Waals surface area (Å²) in [6.07, 6.45) is 0.206. The minimum absolute atomic E-state index is 0.176. The molecule has 118 valence electrons. The molecule has 0 unspecified atom stereocenters. The van der Waals surface area contributed by atoms with E-state index in [4.69, 9.17) is 10.3 Å². The molecule has 1 amide bonds. The number of thiazole rings is 1. The SMILES string of the molecule is CCC(=O)Oc1c(C)cccc1C(=O)Nc1nc(N=[N+]=[N-])cs1. The van der Waals surface area contributed by atoms with Crippen LogP contribution < -0.4 is 10.1 Å². The lowest BCUT2D eigenvalue weighted by molar-refractivity contribution is -0.134. The zero-order valence-corrected chi connectivity index (χ0v) is 13.3. The molecule has 23 heavy (non-hydrogen) atoms. The Morgan fingerprint density at radius 3 is 2.96 bits per heavy atom. The molecule has 2 rings (SSSR count). The number of rotatable bonds is 5. The molecule has 0 saturated heterocycles. The van der Waals surface area contributed by atoms with E-state index in [2.05, 4.69) is 20.3 Å². The van der Waals surface area contributed by atoms with Crippen LogP contribution in [0.5, 0.6) is 5.75 Å². The second-order valence-electron chi connectivity index (χ2n) is 4.43. The van der Waals surface area contributed by atoms with Crippen LogP contribution in [-0.2, 0) is 4.79 Å². The van der Waals surface area contributed by atoms with E-state index in [1.807, 2.05) is 0 Å². The third-order valence-electron chi connectivity index (χ3n) is 2.82. The number of esters is 1. The third-order valence-corrected chi connectivity index (χ3v) is 3.57. The van der Waals surface area contributed by atoms with Crippen molar-refractivity contribution in [1.29, 1.82) is 0 Å². The van der Waals surface area contributed by atoms with Gasteiger partial charge in [0.1, 0.15) is 11.6 Å². The molecule has 1 aromatic heterocycles. The predicted octanol–water partition coefficient (Wildman–Crippen LogP) is 3.96. The summed E-state index contributed by atoms with van der Waals surface area (Å²) in [7, 11) is 0. The van der Waals surface area contributed by atoms with Crippen molar-refractivity contribution in [3.63, 3.8) is 0 Å². The molecule has 9 heteroatoms. The molecule has 0 fully saturated rings. The van der Waals surface area contributed by atoms with Crippen LogP contribution in [0.4, 0.5) is 10.9 Å². The van der Waals surface area contributed by atoms with Gasteiger partial charge in [0, 0.05) is 16.7 Å². The van der Waals surface area contributed by atoms with Crippen LogP contribution in [0.1, 0.15) is 29.3 Å². The highest BCUT2D eigenvalue weighted by Gasteiger charge is 2.18. The zero-order valence-electron chi connectivity index (χ0n) is 12.4. The maximum absolute atomic E-state index is 12.4. The van der Waals surface area contributed by atoms with E-state index >= 15 is 0 Å². The fourth-order valence-corrected chi connectivity index (χ4v) is 2.35. The molecule has 0 radical (unpaired) electrons. The first kappa shape index (κ1) is 16.5. The Morgan fingerprint density at radius 1 is 1.48 bits per heavy atom. The highest BCUT2D eigenvalue weighted by atomic mass is 32.1. The second kappa shape index (κ2) is 7.39. The van der Waals surface area contributed by atoms with E-state index in [1.165, 1.54) is 5.38 Å². The van der Waals surface area contributed by atoms with Gasteiger partial charge in [0.05, 0.1) is 5.56 Å². The Kier molecular flexibility index (Phi) is 5.29. The van der Waals surface area contributed by atoms with Crippen molar-refractivity contribution in [1.82, 2.24) is 4.98 Å². The number of benzene rings is 1. The van der Waals surface area contributed by atoms with Crippen LogP contribution in [0.3, 0.4) is 0 Å². The molecule has 0 aliphatic carbocycles. The lowest BCUT2D eigenvalue weighted by atomic mass is 10.1. The number of para-hydroxylation sites is 1. The van der Waals surface area contributed by atoms with Crippen molar-refractivity contribution in [3.8, 4) is 5.75 Å². The summed E-state index contributed by atoms with van der Waals surface area (Å²) in [6, 6.07) is 5.00. The molecule has 0 bridgehead atoms. The van der Waals surface area contributed by atoms with Crippen LogP contribution >= 0.6 is 11.3 Å². The van der Waals surface area contributed by atoms with Gasteiger partial charge in [0.15, 0.2) is 5.13 Å². The summed E-state index contributed by atoms with van der Waals surface area (Å²) in [4.78, 5) is 30.5. The molecule has 0 spiro atoms. The van der Waals surface area contributed by atoms with Gasteiger partial charge < -0.3 is 4.74 Å². The van der Waals surface area contributed by atoms with E-state index < -0.39 is 11.9 Å². The molecule has 0 aliphatic rings. The molecule has 1 aromatic carbocycles. The lowest BCUT2D eigenvalue weighted by Gasteiger charge is -2.11. The zero-order chi connectivity index (χ0) is 16.8. The van der Waals surface area contributed by atoms with Crippen molar-refractivity contribution in [2.45, 2.75) is 20.3 Å². The van der Waals surface area contributed by atoms with Crippen LogP contribution in [0.2, 0.25) is 0 Å². The number of anilines is 1. The summed E-state index contributed by atoms with van der Waals surface area (Å²) in [5, 5.41) is 7.74. The summed E-state index contributed by atoms with van der Waals surface area (Å²) >= 11 is 1.13. The number of carbonyl (C=O) groups is 2. The summed E-state index contributed by atoms with van der Waals surface area (Å²) in [6.45, 7) is 3.42. The Morgan fingerprint density at radius 2 is 2.26 bits per heavy atom. The van der Waals surface area contributed by atoms with E-state index in [9.17, 15) is 9.59 Å². The molecule has 0 saturated carbocycles. The molecular weight excluding hydrogens is 318 g/mol. The minimum Gasteiger partial charge on any atom is -0.425 e. The molecule has 1 heterocycles. The number of amides is 1.